The van der Waals surface area contributed by atoms with Gasteiger partial charge in [-0.2, -0.15) is 0 Å². The van der Waals surface area contributed by atoms with Crippen molar-refractivity contribution in [1.82, 2.24) is 14.8 Å². The predicted octanol–water partition coefficient (Wildman–Crippen LogP) is 2.58. The van der Waals surface area contributed by atoms with Gasteiger partial charge in [0, 0.05) is 51.5 Å². The van der Waals surface area contributed by atoms with E-state index in [2.05, 4.69) is 14.8 Å². The van der Waals surface area contributed by atoms with Gasteiger partial charge < -0.3 is 14.8 Å². The summed E-state index contributed by atoms with van der Waals surface area (Å²) in [5.74, 6) is -0.0639. The third kappa shape index (κ3) is 3.46. The SMILES string of the molecule is O=C(c1ccc[nH]1)N1CCC[C@@H](N2CCN(c3ccccc3F)CC2)C1. The van der Waals surface area contributed by atoms with Crippen LogP contribution in [0.3, 0.4) is 0 Å². The van der Waals surface area contributed by atoms with Gasteiger partial charge in [0.05, 0.1) is 5.69 Å². The van der Waals surface area contributed by atoms with Crippen LogP contribution in [-0.2, 0) is 0 Å². The molecule has 1 aromatic heterocycles. The molecule has 0 radical (unpaired) electrons. The van der Waals surface area contributed by atoms with Gasteiger partial charge in [0.1, 0.15) is 11.5 Å². The Morgan fingerprint density at radius 3 is 2.58 bits per heavy atom. The average molecular weight is 356 g/mol. The Labute approximate surface area is 153 Å². The second kappa shape index (κ2) is 7.50. The molecule has 2 aromatic rings. The highest BCUT2D eigenvalue weighted by Gasteiger charge is 2.30. The van der Waals surface area contributed by atoms with Crippen molar-refractivity contribution < 1.29 is 9.18 Å². The number of amides is 1. The van der Waals surface area contributed by atoms with Crippen molar-refractivity contribution in [2.24, 2.45) is 0 Å². The number of piperazine rings is 1. The lowest BCUT2D eigenvalue weighted by Crippen LogP contribution is -2.56. The van der Waals surface area contributed by atoms with E-state index < -0.39 is 0 Å². The third-order valence-corrected chi connectivity index (χ3v) is 5.54. The second-order valence-corrected chi connectivity index (χ2v) is 7.11. The molecule has 0 saturated carbocycles. The molecule has 4 rings (SSSR count). The van der Waals surface area contributed by atoms with E-state index >= 15 is 0 Å². The minimum absolute atomic E-state index is 0.0877. The number of nitrogens with one attached hydrogen (secondary N) is 1. The molecule has 138 valence electrons. The first-order chi connectivity index (χ1) is 12.7. The highest BCUT2D eigenvalue weighted by molar-refractivity contribution is 5.92. The van der Waals surface area contributed by atoms with E-state index in [9.17, 15) is 9.18 Å². The molecule has 2 saturated heterocycles. The molecule has 1 amide bonds. The summed E-state index contributed by atoms with van der Waals surface area (Å²) in [6.07, 6.45) is 3.94. The van der Waals surface area contributed by atoms with Gasteiger partial charge in [0.15, 0.2) is 0 Å². The summed E-state index contributed by atoms with van der Waals surface area (Å²) < 4.78 is 14.0. The number of piperidine rings is 1. The van der Waals surface area contributed by atoms with Crippen molar-refractivity contribution in [3.63, 3.8) is 0 Å². The van der Waals surface area contributed by atoms with Crippen LogP contribution in [0.1, 0.15) is 23.3 Å². The number of hydrogen-bond donors (Lipinski definition) is 1. The van der Waals surface area contributed by atoms with Crippen molar-refractivity contribution in [1.29, 1.82) is 0 Å². The molecule has 26 heavy (non-hydrogen) atoms. The first-order valence-corrected chi connectivity index (χ1v) is 9.38. The average Bonchev–Trinajstić information content (AvgIpc) is 3.23. The van der Waals surface area contributed by atoms with Crippen molar-refractivity contribution in [3.05, 3.63) is 54.1 Å². The molecule has 0 bridgehead atoms. The highest BCUT2D eigenvalue weighted by Crippen LogP contribution is 2.23. The maximum atomic E-state index is 14.0. The van der Waals surface area contributed by atoms with Crippen LogP contribution in [0.5, 0.6) is 0 Å². The van der Waals surface area contributed by atoms with Crippen molar-refractivity contribution in [2.75, 3.05) is 44.2 Å². The van der Waals surface area contributed by atoms with Gasteiger partial charge in [-0.05, 0) is 37.1 Å². The molecule has 0 unspecified atom stereocenters. The Kier molecular flexibility index (Phi) is 4.93. The lowest BCUT2D eigenvalue weighted by molar-refractivity contribution is 0.0558. The maximum Gasteiger partial charge on any atom is 0.270 e. The molecule has 2 aliphatic rings. The molecule has 5 nitrogen and oxygen atoms in total. The summed E-state index contributed by atoms with van der Waals surface area (Å²) in [4.78, 5) is 22.1. The van der Waals surface area contributed by atoms with Gasteiger partial charge >= 0.3 is 0 Å². The maximum absolute atomic E-state index is 14.0. The molecule has 1 N–H and O–H groups in total. The summed E-state index contributed by atoms with van der Waals surface area (Å²) in [7, 11) is 0. The van der Waals surface area contributed by atoms with Crippen LogP contribution < -0.4 is 4.90 Å². The largest absolute Gasteiger partial charge is 0.367 e. The lowest BCUT2D eigenvalue weighted by atomic mass is 10.0. The standard InChI is InChI=1S/C20H25FN4O/c21-17-6-1-2-8-19(17)24-13-11-23(12-14-24)16-5-4-10-25(15-16)20(26)18-7-3-9-22-18/h1-3,6-9,16,22H,4-5,10-15H2/t16-/m1/s1. The Morgan fingerprint density at radius 2 is 1.85 bits per heavy atom. The lowest BCUT2D eigenvalue weighted by Gasteiger charge is -2.43. The van der Waals surface area contributed by atoms with E-state index in [4.69, 9.17) is 0 Å². The molecular weight excluding hydrogens is 331 g/mol. The monoisotopic (exact) mass is 356 g/mol. The number of likely N-dealkylation sites (tertiary alicyclic amines) is 1. The van der Waals surface area contributed by atoms with Crippen molar-refractivity contribution >= 4 is 11.6 Å². The van der Waals surface area contributed by atoms with E-state index in [0.29, 0.717) is 17.4 Å². The number of rotatable bonds is 3. The fraction of sp³-hybridized carbons (Fsp3) is 0.450. The zero-order chi connectivity index (χ0) is 17.9. The number of carbonyl (C=O) groups is 1. The van der Waals surface area contributed by atoms with E-state index in [1.54, 1.807) is 12.3 Å². The predicted molar refractivity (Wildman–Crippen MR) is 99.9 cm³/mol. The molecule has 1 aromatic carbocycles. The molecular formula is C20H25FN4O. The number of halogens is 1. The fourth-order valence-corrected chi connectivity index (χ4v) is 4.11. The van der Waals surface area contributed by atoms with E-state index in [0.717, 1.165) is 52.1 Å². The summed E-state index contributed by atoms with van der Waals surface area (Å²) in [6, 6.07) is 11.1. The van der Waals surface area contributed by atoms with Crippen LogP contribution in [0.2, 0.25) is 0 Å². The summed E-state index contributed by atoms with van der Waals surface area (Å²) in [5, 5.41) is 0. The van der Waals surface area contributed by atoms with Gasteiger partial charge in [-0.15, -0.1) is 0 Å². The molecule has 0 aliphatic carbocycles. The van der Waals surface area contributed by atoms with Crippen molar-refractivity contribution in [3.8, 4) is 0 Å². The highest BCUT2D eigenvalue weighted by atomic mass is 19.1. The number of benzene rings is 1. The van der Waals surface area contributed by atoms with Gasteiger partial charge in [-0.25, -0.2) is 4.39 Å². The molecule has 0 spiro atoms. The topological polar surface area (TPSA) is 42.6 Å². The zero-order valence-electron chi connectivity index (χ0n) is 14.9. The van der Waals surface area contributed by atoms with E-state index in [1.807, 2.05) is 29.2 Å². The number of H-pyrrole nitrogens is 1. The van der Waals surface area contributed by atoms with Crippen LogP contribution in [0.4, 0.5) is 10.1 Å². The normalized spacial score (nSPS) is 21.8. The number of para-hydroxylation sites is 1. The number of carbonyl (C=O) groups excluding carboxylic acids is 1. The minimum Gasteiger partial charge on any atom is -0.367 e. The van der Waals surface area contributed by atoms with Crippen molar-refractivity contribution in [2.45, 2.75) is 18.9 Å². The molecule has 1 atom stereocenters. The second-order valence-electron chi connectivity index (χ2n) is 7.11. The number of anilines is 1. The zero-order valence-corrected chi connectivity index (χ0v) is 14.9. The van der Waals surface area contributed by atoms with Gasteiger partial charge in [0.25, 0.3) is 5.91 Å². The molecule has 2 fully saturated rings. The summed E-state index contributed by atoms with van der Waals surface area (Å²) in [6.45, 7) is 5.05. The van der Waals surface area contributed by atoms with Crippen LogP contribution in [-0.4, -0.2) is 66.0 Å². The van der Waals surface area contributed by atoms with E-state index in [1.165, 1.54) is 6.07 Å². The smallest absolute Gasteiger partial charge is 0.270 e. The van der Waals surface area contributed by atoms with Gasteiger partial charge in [-0.3, -0.25) is 9.69 Å². The van der Waals surface area contributed by atoms with Gasteiger partial charge in [-0.1, -0.05) is 12.1 Å². The van der Waals surface area contributed by atoms with Crippen LogP contribution in [0.25, 0.3) is 0 Å². The van der Waals surface area contributed by atoms with E-state index in [-0.39, 0.29) is 11.7 Å². The molecule has 6 heteroatoms. The van der Waals surface area contributed by atoms with Crippen LogP contribution >= 0.6 is 0 Å². The Morgan fingerprint density at radius 1 is 1.04 bits per heavy atom. The number of hydrogen-bond acceptors (Lipinski definition) is 3. The third-order valence-electron chi connectivity index (χ3n) is 5.54. The number of aromatic amines is 1. The number of aromatic nitrogens is 1. The Bertz CT molecular complexity index is 740. The molecule has 3 heterocycles. The van der Waals surface area contributed by atoms with Crippen LogP contribution in [0, 0.1) is 5.82 Å². The fourth-order valence-electron chi connectivity index (χ4n) is 4.11. The Balaban J connectivity index is 1.35. The first-order valence-electron chi connectivity index (χ1n) is 9.38. The Hall–Kier alpha value is -2.34. The summed E-state index contributed by atoms with van der Waals surface area (Å²) in [5.41, 5.74) is 1.36. The minimum atomic E-state index is -0.152. The quantitative estimate of drug-likeness (QED) is 0.919. The first kappa shape index (κ1) is 17.1. The molecule has 2 aliphatic heterocycles. The summed E-state index contributed by atoms with van der Waals surface area (Å²) >= 11 is 0. The number of nitrogens with zero attached hydrogens (tertiary/aromatic N) is 3. The van der Waals surface area contributed by atoms with Gasteiger partial charge in [0.2, 0.25) is 0 Å². The van der Waals surface area contributed by atoms with Crippen LogP contribution in [0.15, 0.2) is 42.6 Å².